The normalized spacial score (nSPS) is 17.0. The summed E-state index contributed by atoms with van der Waals surface area (Å²) in [6.45, 7) is 3.66. The average Bonchev–Trinajstić information content (AvgIpc) is 2.27. The first-order chi connectivity index (χ1) is 8.03. The second kappa shape index (κ2) is 4.37. The van der Waals surface area contributed by atoms with E-state index in [9.17, 15) is 4.79 Å². The lowest BCUT2D eigenvalue weighted by atomic mass is 10.0. The van der Waals surface area contributed by atoms with Gasteiger partial charge in [-0.3, -0.25) is 4.79 Å². The van der Waals surface area contributed by atoms with Crippen LogP contribution in [-0.4, -0.2) is 23.2 Å². The predicted molar refractivity (Wildman–Crippen MR) is 65.2 cm³/mol. The molecule has 4 nitrogen and oxygen atoms in total. The van der Waals surface area contributed by atoms with Gasteiger partial charge in [-0.2, -0.15) is 0 Å². The van der Waals surface area contributed by atoms with E-state index in [2.05, 4.69) is 5.32 Å². The first kappa shape index (κ1) is 11.9. The molecule has 1 aliphatic rings. The summed E-state index contributed by atoms with van der Waals surface area (Å²) in [5.74, 6) is 0.568. The van der Waals surface area contributed by atoms with Crippen molar-refractivity contribution in [1.29, 1.82) is 0 Å². The molecule has 4 heteroatoms. The number of carbonyl (C=O) groups is 1. The number of fused-ring (bicyclic) bond motifs is 1. The van der Waals surface area contributed by atoms with Crippen LogP contribution in [0.3, 0.4) is 0 Å². The largest absolute Gasteiger partial charge is 0.476 e. The van der Waals surface area contributed by atoms with Gasteiger partial charge in [-0.05, 0) is 44.4 Å². The average molecular weight is 235 g/mol. The Bertz CT molecular complexity index is 440. The molecule has 0 radical (unpaired) electrons. The maximum atomic E-state index is 11.7. The van der Waals surface area contributed by atoms with Crippen molar-refractivity contribution >= 4 is 11.6 Å². The van der Waals surface area contributed by atoms with Crippen molar-refractivity contribution in [2.24, 2.45) is 0 Å². The molecule has 0 saturated carbocycles. The van der Waals surface area contributed by atoms with Gasteiger partial charge in [0.15, 0.2) is 5.60 Å². The van der Waals surface area contributed by atoms with Crippen LogP contribution in [0.25, 0.3) is 0 Å². The van der Waals surface area contributed by atoms with Crippen molar-refractivity contribution in [1.82, 2.24) is 0 Å². The van der Waals surface area contributed by atoms with E-state index < -0.39 is 5.60 Å². The van der Waals surface area contributed by atoms with Crippen molar-refractivity contribution in [2.75, 3.05) is 11.9 Å². The Morgan fingerprint density at radius 3 is 2.88 bits per heavy atom. The van der Waals surface area contributed by atoms with Crippen LogP contribution in [0, 0.1) is 0 Å². The molecule has 2 N–H and O–H groups in total. The summed E-state index contributed by atoms with van der Waals surface area (Å²) in [7, 11) is 0. The molecule has 17 heavy (non-hydrogen) atoms. The fourth-order valence-electron chi connectivity index (χ4n) is 1.79. The standard InChI is InChI=1S/C13H17NO3/c1-13(2)12(16)14-10-6-5-9(4-3-7-15)8-11(10)17-13/h5-6,8,15H,3-4,7H2,1-2H3,(H,14,16). The number of anilines is 1. The third-order valence-electron chi connectivity index (χ3n) is 2.83. The number of hydrogen-bond acceptors (Lipinski definition) is 3. The first-order valence-electron chi connectivity index (χ1n) is 5.77. The lowest BCUT2D eigenvalue weighted by Gasteiger charge is -2.31. The molecule has 1 aromatic rings. The number of hydrogen-bond donors (Lipinski definition) is 2. The van der Waals surface area contributed by atoms with Crippen LogP contribution in [0.15, 0.2) is 18.2 Å². The molecule has 0 atom stereocenters. The van der Waals surface area contributed by atoms with Crippen molar-refractivity contribution in [3.63, 3.8) is 0 Å². The van der Waals surface area contributed by atoms with Gasteiger partial charge >= 0.3 is 0 Å². The SMILES string of the molecule is CC1(C)Oc2cc(CCCO)ccc2NC1=O. The zero-order valence-corrected chi connectivity index (χ0v) is 10.1. The van der Waals surface area contributed by atoms with Gasteiger partial charge in [0, 0.05) is 6.61 Å². The smallest absolute Gasteiger partial charge is 0.268 e. The summed E-state index contributed by atoms with van der Waals surface area (Å²) in [6, 6.07) is 5.71. The van der Waals surface area contributed by atoms with Crippen LogP contribution in [-0.2, 0) is 11.2 Å². The Morgan fingerprint density at radius 2 is 2.18 bits per heavy atom. The number of amides is 1. The molecule has 2 rings (SSSR count). The van der Waals surface area contributed by atoms with Crippen LogP contribution < -0.4 is 10.1 Å². The van der Waals surface area contributed by atoms with Gasteiger partial charge in [0.2, 0.25) is 0 Å². The maximum Gasteiger partial charge on any atom is 0.268 e. The number of aliphatic hydroxyl groups is 1. The van der Waals surface area contributed by atoms with Gasteiger partial charge in [0.1, 0.15) is 5.75 Å². The Balaban J connectivity index is 2.24. The van der Waals surface area contributed by atoms with E-state index in [1.807, 2.05) is 18.2 Å². The van der Waals surface area contributed by atoms with E-state index in [1.54, 1.807) is 13.8 Å². The highest BCUT2D eigenvalue weighted by Gasteiger charge is 2.35. The van der Waals surface area contributed by atoms with Gasteiger partial charge in [-0.1, -0.05) is 6.07 Å². The van der Waals surface area contributed by atoms with E-state index in [0.717, 1.165) is 18.4 Å². The molecule has 1 heterocycles. The van der Waals surface area contributed by atoms with Gasteiger partial charge in [-0.25, -0.2) is 0 Å². The van der Waals surface area contributed by atoms with Gasteiger partial charge in [0.25, 0.3) is 5.91 Å². The minimum Gasteiger partial charge on any atom is -0.476 e. The van der Waals surface area contributed by atoms with Crippen LogP contribution in [0.5, 0.6) is 5.75 Å². The first-order valence-corrected chi connectivity index (χ1v) is 5.77. The summed E-state index contributed by atoms with van der Waals surface area (Å²) in [4.78, 5) is 11.7. The Hall–Kier alpha value is -1.55. The molecular formula is C13H17NO3. The molecule has 0 aromatic heterocycles. The Labute approximate surface area is 101 Å². The van der Waals surface area contributed by atoms with E-state index in [1.165, 1.54) is 0 Å². The van der Waals surface area contributed by atoms with Crippen molar-refractivity contribution in [3.8, 4) is 5.75 Å². The molecule has 0 unspecified atom stereocenters. The van der Waals surface area contributed by atoms with Crippen LogP contribution in [0.1, 0.15) is 25.8 Å². The quantitative estimate of drug-likeness (QED) is 0.838. The number of ether oxygens (including phenoxy) is 1. The van der Waals surface area contributed by atoms with Gasteiger partial charge < -0.3 is 15.2 Å². The van der Waals surface area contributed by atoms with Crippen LogP contribution in [0.2, 0.25) is 0 Å². The lowest BCUT2D eigenvalue weighted by Crippen LogP contribution is -2.45. The van der Waals surface area contributed by atoms with Crippen LogP contribution in [0.4, 0.5) is 5.69 Å². The summed E-state index contributed by atoms with van der Waals surface area (Å²) < 4.78 is 5.68. The monoisotopic (exact) mass is 235 g/mol. The third kappa shape index (κ3) is 2.42. The second-order valence-electron chi connectivity index (χ2n) is 4.72. The Morgan fingerprint density at radius 1 is 1.41 bits per heavy atom. The zero-order valence-electron chi connectivity index (χ0n) is 10.1. The second-order valence-corrected chi connectivity index (χ2v) is 4.72. The zero-order chi connectivity index (χ0) is 12.5. The molecular weight excluding hydrogens is 218 g/mol. The van der Waals surface area contributed by atoms with Gasteiger partial charge in [-0.15, -0.1) is 0 Å². The number of aryl methyl sites for hydroxylation is 1. The lowest BCUT2D eigenvalue weighted by molar-refractivity contribution is -0.129. The number of nitrogens with one attached hydrogen (secondary N) is 1. The number of carbonyl (C=O) groups excluding carboxylic acids is 1. The van der Waals surface area contributed by atoms with Gasteiger partial charge in [0.05, 0.1) is 5.69 Å². The summed E-state index contributed by atoms with van der Waals surface area (Å²) >= 11 is 0. The highest BCUT2D eigenvalue weighted by Crippen LogP contribution is 2.34. The minimum atomic E-state index is -0.831. The molecule has 92 valence electrons. The summed E-state index contributed by atoms with van der Waals surface area (Å²) in [5, 5.41) is 11.6. The predicted octanol–water partition coefficient (Wildman–Crippen LogP) is 1.72. The Kier molecular flexibility index (Phi) is 3.07. The number of benzene rings is 1. The topological polar surface area (TPSA) is 58.6 Å². The highest BCUT2D eigenvalue weighted by atomic mass is 16.5. The maximum absolute atomic E-state index is 11.7. The molecule has 1 amide bonds. The van der Waals surface area contributed by atoms with E-state index >= 15 is 0 Å². The summed E-state index contributed by atoms with van der Waals surface area (Å²) in [6.07, 6.45) is 1.54. The van der Waals surface area contributed by atoms with E-state index in [0.29, 0.717) is 11.4 Å². The fraction of sp³-hybridized carbons (Fsp3) is 0.462. The minimum absolute atomic E-state index is 0.131. The van der Waals surface area contributed by atoms with Crippen molar-refractivity contribution in [2.45, 2.75) is 32.3 Å². The molecule has 0 fully saturated rings. The molecule has 1 aliphatic heterocycles. The number of rotatable bonds is 3. The molecule has 1 aromatic carbocycles. The fourth-order valence-corrected chi connectivity index (χ4v) is 1.79. The molecule has 0 saturated heterocycles. The van der Waals surface area contributed by atoms with E-state index in [-0.39, 0.29) is 12.5 Å². The molecule has 0 bridgehead atoms. The van der Waals surface area contributed by atoms with Crippen molar-refractivity contribution < 1.29 is 14.6 Å². The van der Waals surface area contributed by atoms with Crippen LogP contribution >= 0.6 is 0 Å². The summed E-state index contributed by atoms with van der Waals surface area (Å²) in [5.41, 5.74) is 0.981. The highest BCUT2D eigenvalue weighted by molar-refractivity contribution is 6.00. The number of aliphatic hydroxyl groups excluding tert-OH is 1. The third-order valence-corrected chi connectivity index (χ3v) is 2.83. The van der Waals surface area contributed by atoms with Crippen molar-refractivity contribution in [3.05, 3.63) is 23.8 Å². The molecule has 0 aliphatic carbocycles. The van der Waals surface area contributed by atoms with E-state index in [4.69, 9.17) is 9.84 Å². The molecule has 0 spiro atoms.